The molecule has 1 aromatic carbocycles. The van der Waals surface area contributed by atoms with Crippen LogP contribution in [-0.4, -0.2) is 36.6 Å². The van der Waals surface area contributed by atoms with E-state index in [1.54, 1.807) is 25.2 Å². The summed E-state index contributed by atoms with van der Waals surface area (Å²) in [5.74, 6) is 0.608. The van der Waals surface area contributed by atoms with Crippen LogP contribution in [0, 0.1) is 22.7 Å². The van der Waals surface area contributed by atoms with Crippen LogP contribution in [0.1, 0.15) is 44.6 Å². The lowest BCUT2D eigenvalue weighted by Gasteiger charge is -2.38. The van der Waals surface area contributed by atoms with Gasteiger partial charge in [0.1, 0.15) is 5.54 Å². The molecule has 0 spiro atoms. The number of carbonyl (C=O) groups excluding carboxylic acids is 1. The Labute approximate surface area is 148 Å². The van der Waals surface area contributed by atoms with Gasteiger partial charge in [-0.15, -0.1) is 0 Å². The van der Waals surface area contributed by atoms with Crippen LogP contribution < -0.4 is 9.47 Å². The first-order valence-electron chi connectivity index (χ1n) is 8.54. The van der Waals surface area contributed by atoms with Gasteiger partial charge >= 0.3 is 0 Å². The van der Waals surface area contributed by atoms with E-state index in [1.165, 1.54) is 4.90 Å². The first-order valence-corrected chi connectivity index (χ1v) is 8.54. The smallest absolute Gasteiger partial charge is 0.261 e. The monoisotopic (exact) mass is 341 g/mol. The highest BCUT2D eigenvalue weighted by Gasteiger charge is 2.38. The Morgan fingerprint density at radius 3 is 2.52 bits per heavy atom. The van der Waals surface area contributed by atoms with E-state index in [2.05, 4.69) is 6.07 Å². The van der Waals surface area contributed by atoms with Crippen LogP contribution in [0.2, 0.25) is 0 Å². The molecule has 1 aliphatic carbocycles. The van der Waals surface area contributed by atoms with E-state index in [0.717, 1.165) is 19.3 Å². The molecule has 0 heterocycles. The highest BCUT2D eigenvalue weighted by atomic mass is 16.5. The van der Waals surface area contributed by atoms with Crippen LogP contribution in [-0.2, 0) is 4.79 Å². The molecule has 1 aliphatic rings. The van der Waals surface area contributed by atoms with Crippen molar-refractivity contribution < 1.29 is 14.3 Å². The third kappa shape index (κ3) is 4.22. The van der Waals surface area contributed by atoms with E-state index in [4.69, 9.17) is 14.7 Å². The molecular weight excluding hydrogens is 318 g/mol. The molecule has 1 saturated carbocycles. The van der Waals surface area contributed by atoms with E-state index in [0.29, 0.717) is 36.5 Å². The van der Waals surface area contributed by atoms with Gasteiger partial charge < -0.3 is 14.4 Å². The number of ether oxygens (including phenoxy) is 2. The molecule has 6 heteroatoms. The van der Waals surface area contributed by atoms with E-state index in [-0.39, 0.29) is 12.5 Å². The fourth-order valence-electron chi connectivity index (χ4n) is 3.10. The standard InChI is InChI=1S/C19H23N3O3/c1-3-24-17-11-15(12-20)7-8-16(17)25-13-18(23)22(2)19(14-21)9-5-4-6-10-19/h7-8,11H,3-6,9-10,13H2,1-2H3. The third-order valence-corrected chi connectivity index (χ3v) is 4.63. The molecule has 0 atom stereocenters. The van der Waals surface area contributed by atoms with Crippen LogP contribution in [0.4, 0.5) is 0 Å². The average molecular weight is 341 g/mol. The molecular formula is C19H23N3O3. The van der Waals surface area contributed by atoms with Gasteiger partial charge in [-0.05, 0) is 31.9 Å². The normalized spacial score (nSPS) is 15.5. The number of nitrogens with zero attached hydrogens (tertiary/aromatic N) is 3. The molecule has 0 radical (unpaired) electrons. The number of carbonyl (C=O) groups is 1. The van der Waals surface area contributed by atoms with Gasteiger partial charge in [0.05, 0.1) is 24.3 Å². The van der Waals surface area contributed by atoms with Crippen molar-refractivity contribution in [2.24, 2.45) is 0 Å². The summed E-state index contributed by atoms with van der Waals surface area (Å²) in [4.78, 5) is 14.1. The van der Waals surface area contributed by atoms with Crippen LogP contribution in [0.15, 0.2) is 18.2 Å². The van der Waals surface area contributed by atoms with Gasteiger partial charge in [0.25, 0.3) is 5.91 Å². The molecule has 6 nitrogen and oxygen atoms in total. The Bertz CT molecular complexity index is 697. The molecule has 132 valence electrons. The van der Waals surface area contributed by atoms with Crippen molar-refractivity contribution >= 4 is 5.91 Å². The van der Waals surface area contributed by atoms with E-state index >= 15 is 0 Å². The molecule has 0 aliphatic heterocycles. The quantitative estimate of drug-likeness (QED) is 0.794. The van der Waals surface area contributed by atoms with Crippen LogP contribution in [0.25, 0.3) is 0 Å². The van der Waals surface area contributed by atoms with Crippen LogP contribution in [0.5, 0.6) is 11.5 Å². The Morgan fingerprint density at radius 1 is 1.20 bits per heavy atom. The van der Waals surface area contributed by atoms with Crippen LogP contribution >= 0.6 is 0 Å². The summed E-state index contributed by atoms with van der Waals surface area (Å²) in [5, 5.41) is 18.6. The number of hydrogen-bond acceptors (Lipinski definition) is 5. The van der Waals surface area contributed by atoms with Gasteiger partial charge in [-0.2, -0.15) is 10.5 Å². The van der Waals surface area contributed by atoms with Crippen molar-refractivity contribution in [3.8, 4) is 23.6 Å². The molecule has 0 bridgehead atoms. The fourth-order valence-corrected chi connectivity index (χ4v) is 3.10. The summed E-state index contributed by atoms with van der Waals surface area (Å²) in [5.41, 5.74) is -0.267. The second kappa shape index (κ2) is 8.39. The molecule has 0 unspecified atom stereocenters. The van der Waals surface area contributed by atoms with Gasteiger partial charge in [-0.25, -0.2) is 0 Å². The van der Waals surface area contributed by atoms with E-state index < -0.39 is 5.54 Å². The Morgan fingerprint density at radius 2 is 1.92 bits per heavy atom. The summed E-state index contributed by atoms with van der Waals surface area (Å²) in [6, 6.07) is 9.20. The molecule has 0 aromatic heterocycles. The van der Waals surface area contributed by atoms with Gasteiger partial charge in [-0.1, -0.05) is 19.3 Å². The zero-order chi connectivity index (χ0) is 18.3. The van der Waals surface area contributed by atoms with Crippen molar-refractivity contribution in [2.75, 3.05) is 20.3 Å². The van der Waals surface area contributed by atoms with E-state index in [9.17, 15) is 10.1 Å². The number of amides is 1. The second-order valence-corrected chi connectivity index (χ2v) is 6.15. The van der Waals surface area contributed by atoms with Gasteiger partial charge in [0, 0.05) is 13.1 Å². The lowest BCUT2D eigenvalue weighted by molar-refractivity contribution is -0.137. The predicted octanol–water partition coefficient (Wildman–Crippen LogP) is 3.02. The molecule has 1 amide bonds. The average Bonchev–Trinajstić information content (AvgIpc) is 2.66. The highest BCUT2D eigenvalue weighted by Crippen LogP contribution is 2.33. The Kier molecular flexibility index (Phi) is 6.25. The number of nitriles is 2. The molecule has 25 heavy (non-hydrogen) atoms. The molecule has 1 aromatic rings. The maximum Gasteiger partial charge on any atom is 0.261 e. The SMILES string of the molecule is CCOc1cc(C#N)ccc1OCC(=O)N(C)C1(C#N)CCCCC1. The minimum absolute atomic E-state index is 0.175. The maximum atomic E-state index is 12.5. The molecule has 0 saturated heterocycles. The van der Waals surface area contributed by atoms with Crippen molar-refractivity contribution in [2.45, 2.75) is 44.6 Å². The summed E-state index contributed by atoms with van der Waals surface area (Å²) in [6.07, 6.45) is 4.41. The molecule has 0 N–H and O–H groups in total. The topological polar surface area (TPSA) is 86.3 Å². The van der Waals surface area contributed by atoms with Crippen molar-refractivity contribution in [1.82, 2.24) is 4.90 Å². The Balaban J connectivity index is 2.06. The van der Waals surface area contributed by atoms with Crippen molar-refractivity contribution in [3.05, 3.63) is 23.8 Å². The second-order valence-electron chi connectivity index (χ2n) is 6.15. The largest absolute Gasteiger partial charge is 0.490 e. The minimum atomic E-state index is -0.730. The first-order chi connectivity index (χ1) is 12.1. The molecule has 2 rings (SSSR count). The lowest BCUT2D eigenvalue weighted by atomic mass is 9.81. The highest BCUT2D eigenvalue weighted by molar-refractivity contribution is 5.79. The first kappa shape index (κ1) is 18.6. The third-order valence-electron chi connectivity index (χ3n) is 4.63. The van der Waals surface area contributed by atoms with E-state index in [1.807, 2.05) is 13.0 Å². The van der Waals surface area contributed by atoms with Crippen molar-refractivity contribution in [1.29, 1.82) is 10.5 Å². The van der Waals surface area contributed by atoms with Gasteiger partial charge in [-0.3, -0.25) is 4.79 Å². The van der Waals surface area contributed by atoms with Crippen molar-refractivity contribution in [3.63, 3.8) is 0 Å². The number of benzene rings is 1. The summed E-state index contributed by atoms with van der Waals surface area (Å²) in [6.45, 7) is 2.09. The zero-order valence-electron chi connectivity index (χ0n) is 14.7. The predicted molar refractivity (Wildman–Crippen MR) is 92.0 cm³/mol. The van der Waals surface area contributed by atoms with Gasteiger partial charge in [0.2, 0.25) is 0 Å². The summed E-state index contributed by atoms with van der Waals surface area (Å²) >= 11 is 0. The maximum absolute atomic E-state index is 12.5. The zero-order valence-corrected chi connectivity index (χ0v) is 14.7. The van der Waals surface area contributed by atoms with Gasteiger partial charge in [0.15, 0.2) is 18.1 Å². The summed E-state index contributed by atoms with van der Waals surface area (Å²) < 4.78 is 11.1. The minimum Gasteiger partial charge on any atom is -0.490 e. The number of hydrogen-bond donors (Lipinski definition) is 0. The Hall–Kier alpha value is -2.73. The van der Waals surface area contributed by atoms with Crippen LogP contribution in [0.3, 0.4) is 0 Å². The number of likely N-dealkylation sites (N-methyl/N-ethyl adjacent to an activating group) is 1. The molecule has 1 fully saturated rings. The fraction of sp³-hybridized carbons (Fsp3) is 0.526. The lowest BCUT2D eigenvalue weighted by Crippen LogP contribution is -2.51. The number of rotatable bonds is 6. The summed E-state index contributed by atoms with van der Waals surface area (Å²) in [7, 11) is 1.67.